The molecule has 0 aliphatic carbocycles. The maximum absolute atomic E-state index is 11.5. The number of Topliss-reactive ketones (excluding diaryl/α,β-unsaturated/α-hetero) is 1. The second kappa shape index (κ2) is 5.22. The van der Waals surface area contributed by atoms with Crippen molar-refractivity contribution in [3.63, 3.8) is 0 Å². The zero-order valence-corrected chi connectivity index (χ0v) is 11.4. The number of benzene rings is 1. The van der Waals surface area contributed by atoms with E-state index < -0.39 is 9.84 Å². The fraction of sp³-hybridized carbons (Fsp3) is 0.500. The molecule has 0 spiro atoms. The number of carbonyl (C=O) groups excluding carboxylic acids is 1. The maximum atomic E-state index is 11.5. The van der Waals surface area contributed by atoms with Crippen LogP contribution in [0.4, 0.5) is 0 Å². The van der Waals surface area contributed by atoms with Crippen LogP contribution in [-0.4, -0.2) is 25.7 Å². The Morgan fingerprint density at radius 3 is 2.67 bits per heavy atom. The zero-order valence-electron chi connectivity index (χ0n) is 10.6. The molecule has 98 valence electrons. The van der Waals surface area contributed by atoms with E-state index in [1.807, 2.05) is 24.3 Å². The third-order valence-corrected chi connectivity index (χ3v) is 5.38. The van der Waals surface area contributed by atoms with E-state index in [9.17, 15) is 13.2 Å². The number of rotatable bonds is 4. The molecule has 1 aliphatic rings. The van der Waals surface area contributed by atoms with Gasteiger partial charge in [0.25, 0.3) is 0 Å². The van der Waals surface area contributed by atoms with Gasteiger partial charge in [0.15, 0.2) is 15.6 Å². The van der Waals surface area contributed by atoms with E-state index in [0.717, 1.165) is 30.4 Å². The molecule has 18 heavy (non-hydrogen) atoms. The monoisotopic (exact) mass is 266 g/mol. The van der Waals surface area contributed by atoms with E-state index in [1.165, 1.54) is 0 Å². The van der Waals surface area contributed by atoms with Gasteiger partial charge in [-0.2, -0.15) is 0 Å². The SMILES string of the molecule is CC(=O)c1ccccc1CCC1CCS(=O)(=O)C1. The Balaban J connectivity index is 2.01. The third-order valence-electron chi connectivity index (χ3n) is 3.55. The van der Waals surface area contributed by atoms with Crippen molar-refractivity contribution < 1.29 is 13.2 Å². The van der Waals surface area contributed by atoms with Crippen molar-refractivity contribution in [1.82, 2.24) is 0 Å². The van der Waals surface area contributed by atoms with Gasteiger partial charge in [0.1, 0.15) is 0 Å². The number of hydrogen-bond acceptors (Lipinski definition) is 3. The van der Waals surface area contributed by atoms with Crippen LogP contribution in [0.25, 0.3) is 0 Å². The molecule has 0 radical (unpaired) electrons. The van der Waals surface area contributed by atoms with Gasteiger partial charge in [0.05, 0.1) is 11.5 Å². The summed E-state index contributed by atoms with van der Waals surface area (Å²) >= 11 is 0. The maximum Gasteiger partial charge on any atom is 0.160 e. The Hall–Kier alpha value is -1.16. The molecule has 0 bridgehead atoms. The van der Waals surface area contributed by atoms with Crippen molar-refractivity contribution in [2.75, 3.05) is 11.5 Å². The lowest BCUT2D eigenvalue weighted by atomic mass is 9.95. The first-order valence-electron chi connectivity index (χ1n) is 6.27. The molecule has 1 saturated heterocycles. The summed E-state index contributed by atoms with van der Waals surface area (Å²) in [6.07, 6.45) is 2.41. The molecule has 1 aliphatic heterocycles. The number of carbonyl (C=O) groups is 1. The number of aryl methyl sites for hydroxylation is 1. The lowest BCUT2D eigenvalue weighted by Gasteiger charge is -2.10. The van der Waals surface area contributed by atoms with E-state index in [-0.39, 0.29) is 11.7 Å². The average molecular weight is 266 g/mol. The van der Waals surface area contributed by atoms with Gasteiger partial charge in [-0.1, -0.05) is 24.3 Å². The Kier molecular flexibility index (Phi) is 3.85. The van der Waals surface area contributed by atoms with Gasteiger partial charge in [-0.05, 0) is 37.7 Å². The van der Waals surface area contributed by atoms with Gasteiger partial charge < -0.3 is 0 Å². The zero-order chi connectivity index (χ0) is 13.2. The van der Waals surface area contributed by atoms with E-state index >= 15 is 0 Å². The third kappa shape index (κ3) is 3.19. The van der Waals surface area contributed by atoms with E-state index in [0.29, 0.717) is 11.5 Å². The molecule has 1 aromatic carbocycles. The predicted molar refractivity (Wildman–Crippen MR) is 71.5 cm³/mol. The molecule has 1 atom stereocenters. The molecule has 1 fully saturated rings. The minimum absolute atomic E-state index is 0.0737. The highest BCUT2D eigenvalue weighted by Gasteiger charge is 2.27. The standard InChI is InChI=1S/C14H18O3S/c1-11(15)14-5-3-2-4-13(14)7-6-12-8-9-18(16,17)10-12/h2-5,12H,6-10H2,1H3. The minimum Gasteiger partial charge on any atom is -0.295 e. The predicted octanol–water partition coefficient (Wildman–Crippen LogP) is 2.26. The molecule has 1 heterocycles. The lowest BCUT2D eigenvalue weighted by Crippen LogP contribution is -2.07. The van der Waals surface area contributed by atoms with Gasteiger partial charge >= 0.3 is 0 Å². The molecule has 3 nitrogen and oxygen atoms in total. The van der Waals surface area contributed by atoms with E-state index in [4.69, 9.17) is 0 Å². The Labute approximate surface area is 108 Å². The molecule has 4 heteroatoms. The molecule has 1 aromatic rings. The van der Waals surface area contributed by atoms with Crippen molar-refractivity contribution in [1.29, 1.82) is 0 Å². The highest BCUT2D eigenvalue weighted by molar-refractivity contribution is 7.91. The second-order valence-corrected chi connectivity index (χ2v) is 7.25. The van der Waals surface area contributed by atoms with Crippen LogP contribution in [0.1, 0.15) is 35.7 Å². The van der Waals surface area contributed by atoms with Crippen molar-refractivity contribution in [3.8, 4) is 0 Å². The van der Waals surface area contributed by atoms with Crippen LogP contribution in [-0.2, 0) is 16.3 Å². The van der Waals surface area contributed by atoms with Gasteiger partial charge in [0, 0.05) is 5.56 Å². The average Bonchev–Trinajstić information content (AvgIpc) is 2.66. The summed E-state index contributed by atoms with van der Waals surface area (Å²) in [5, 5.41) is 0. The molecule has 0 amide bonds. The van der Waals surface area contributed by atoms with Crippen LogP contribution in [0.2, 0.25) is 0 Å². The molecule has 0 aromatic heterocycles. The largest absolute Gasteiger partial charge is 0.295 e. The van der Waals surface area contributed by atoms with Crippen LogP contribution >= 0.6 is 0 Å². The van der Waals surface area contributed by atoms with Crippen molar-refractivity contribution in [2.24, 2.45) is 5.92 Å². The summed E-state index contributed by atoms with van der Waals surface area (Å²) in [5.74, 6) is 0.973. The van der Waals surface area contributed by atoms with Gasteiger partial charge in [-0.15, -0.1) is 0 Å². The topological polar surface area (TPSA) is 51.2 Å². The van der Waals surface area contributed by atoms with Crippen LogP contribution in [0.3, 0.4) is 0 Å². The summed E-state index contributed by atoms with van der Waals surface area (Å²) in [5.41, 5.74) is 1.80. The van der Waals surface area contributed by atoms with Crippen molar-refractivity contribution >= 4 is 15.6 Å². The minimum atomic E-state index is -2.79. The van der Waals surface area contributed by atoms with Gasteiger partial charge in [0.2, 0.25) is 0 Å². The van der Waals surface area contributed by atoms with Crippen LogP contribution < -0.4 is 0 Å². The number of sulfone groups is 1. The Morgan fingerprint density at radius 2 is 2.06 bits per heavy atom. The summed E-state index contributed by atoms with van der Waals surface area (Å²) in [4.78, 5) is 11.5. The first-order valence-corrected chi connectivity index (χ1v) is 8.09. The summed E-state index contributed by atoms with van der Waals surface area (Å²) < 4.78 is 22.7. The lowest BCUT2D eigenvalue weighted by molar-refractivity contribution is 0.101. The second-order valence-electron chi connectivity index (χ2n) is 5.02. The van der Waals surface area contributed by atoms with Crippen molar-refractivity contribution in [2.45, 2.75) is 26.2 Å². The highest BCUT2D eigenvalue weighted by Crippen LogP contribution is 2.24. The van der Waals surface area contributed by atoms with E-state index in [2.05, 4.69) is 0 Å². The van der Waals surface area contributed by atoms with Gasteiger partial charge in [-0.3, -0.25) is 4.79 Å². The molecule has 1 unspecified atom stereocenters. The molecular weight excluding hydrogens is 248 g/mol. The highest BCUT2D eigenvalue weighted by atomic mass is 32.2. The fourth-order valence-electron chi connectivity index (χ4n) is 2.54. The Bertz CT molecular complexity index is 546. The Morgan fingerprint density at radius 1 is 1.33 bits per heavy atom. The van der Waals surface area contributed by atoms with Crippen LogP contribution in [0.5, 0.6) is 0 Å². The first kappa shape index (κ1) is 13.3. The summed E-state index contributed by atoms with van der Waals surface area (Å²) in [7, 11) is -2.79. The molecule has 0 N–H and O–H groups in total. The summed E-state index contributed by atoms with van der Waals surface area (Å²) in [6.45, 7) is 1.57. The van der Waals surface area contributed by atoms with Crippen LogP contribution in [0, 0.1) is 5.92 Å². The van der Waals surface area contributed by atoms with Gasteiger partial charge in [-0.25, -0.2) is 8.42 Å². The quantitative estimate of drug-likeness (QED) is 0.785. The van der Waals surface area contributed by atoms with E-state index in [1.54, 1.807) is 6.92 Å². The number of hydrogen-bond donors (Lipinski definition) is 0. The number of ketones is 1. The molecule has 0 saturated carbocycles. The normalized spacial score (nSPS) is 21.9. The summed E-state index contributed by atoms with van der Waals surface area (Å²) in [6, 6.07) is 7.58. The van der Waals surface area contributed by atoms with Crippen LogP contribution in [0.15, 0.2) is 24.3 Å². The fourth-order valence-corrected chi connectivity index (χ4v) is 4.45. The molecule has 2 rings (SSSR count). The molecular formula is C14H18O3S. The smallest absolute Gasteiger partial charge is 0.160 e. The van der Waals surface area contributed by atoms with Crippen molar-refractivity contribution in [3.05, 3.63) is 35.4 Å². The first-order chi connectivity index (χ1) is 8.48.